The molecule has 4 nitrogen and oxygen atoms in total. The predicted molar refractivity (Wildman–Crippen MR) is 72.9 cm³/mol. The van der Waals surface area contributed by atoms with Crippen molar-refractivity contribution < 1.29 is 9.53 Å². The van der Waals surface area contributed by atoms with Crippen LogP contribution in [0, 0.1) is 0 Å². The lowest BCUT2D eigenvalue weighted by Gasteiger charge is -2.37. The minimum absolute atomic E-state index is 0.164. The first-order valence-electron chi connectivity index (χ1n) is 6.97. The molecule has 3 rings (SSSR count). The van der Waals surface area contributed by atoms with Crippen molar-refractivity contribution in [3.8, 4) is 0 Å². The fourth-order valence-corrected chi connectivity index (χ4v) is 2.95. The zero-order chi connectivity index (χ0) is 13.2. The Balaban J connectivity index is 1.84. The Bertz CT molecular complexity index is 475. The largest absolute Gasteiger partial charge is 0.377 e. The molecule has 1 aromatic rings. The maximum atomic E-state index is 12.7. The zero-order valence-corrected chi connectivity index (χ0v) is 11.3. The number of ether oxygens (including phenoxy) is 1. The Kier molecular flexibility index (Phi) is 3.53. The number of carbonyl (C=O) groups is 1. The molecule has 1 saturated heterocycles. The molecule has 0 radical (unpaired) electrons. The van der Waals surface area contributed by atoms with Crippen LogP contribution in [0.1, 0.15) is 24.1 Å². The number of hydrogen-bond acceptors (Lipinski definition) is 3. The number of hydrogen-bond donors (Lipinski definition) is 1. The van der Waals surface area contributed by atoms with E-state index >= 15 is 0 Å². The summed E-state index contributed by atoms with van der Waals surface area (Å²) >= 11 is 0. The lowest BCUT2D eigenvalue weighted by molar-refractivity contribution is -0.141. The second kappa shape index (κ2) is 5.31. The Labute approximate surface area is 113 Å². The van der Waals surface area contributed by atoms with Gasteiger partial charge in [0.25, 0.3) is 0 Å². The third-order valence-electron chi connectivity index (χ3n) is 4.01. The molecule has 1 amide bonds. The highest BCUT2D eigenvalue weighted by atomic mass is 16.5. The second-order valence-electron chi connectivity index (χ2n) is 5.29. The molecule has 1 N–H and O–H groups in total. The van der Waals surface area contributed by atoms with Gasteiger partial charge in [0.15, 0.2) is 0 Å². The molecule has 1 unspecified atom stereocenters. The van der Waals surface area contributed by atoms with E-state index in [4.69, 9.17) is 4.74 Å². The molecular formula is C15H20N2O2. The Hall–Kier alpha value is -1.39. The van der Waals surface area contributed by atoms with E-state index < -0.39 is 0 Å². The molecule has 102 valence electrons. The summed E-state index contributed by atoms with van der Waals surface area (Å²) in [5.41, 5.74) is 2.43. The van der Waals surface area contributed by atoms with Gasteiger partial charge in [-0.05, 0) is 24.5 Å². The van der Waals surface area contributed by atoms with Crippen molar-refractivity contribution in [3.05, 3.63) is 35.4 Å². The quantitative estimate of drug-likeness (QED) is 0.823. The van der Waals surface area contributed by atoms with Gasteiger partial charge in [-0.25, -0.2) is 0 Å². The van der Waals surface area contributed by atoms with E-state index in [9.17, 15) is 4.79 Å². The topological polar surface area (TPSA) is 41.6 Å². The van der Waals surface area contributed by atoms with Crippen molar-refractivity contribution in [2.45, 2.75) is 25.4 Å². The monoisotopic (exact) mass is 260 g/mol. The van der Waals surface area contributed by atoms with E-state index in [0.717, 1.165) is 18.5 Å². The van der Waals surface area contributed by atoms with Crippen molar-refractivity contribution in [2.75, 3.05) is 26.3 Å². The number of fused-ring (bicyclic) bond motifs is 1. The van der Waals surface area contributed by atoms with Crippen molar-refractivity contribution in [1.29, 1.82) is 0 Å². The van der Waals surface area contributed by atoms with Gasteiger partial charge in [0.1, 0.15) is 6.04 Å². The van der Waals surface area contributed by atoms with Gasteiger partial charge < -0.3 is 15.0 Å². The summed E-state index contributed by atoms with van der Waals surface area (Å²) in [7, 11) is 0. The van der Waals surface area contributed by atoms with Crippen LogP contribution in [-0.4, -0.2) is 43.2 Å². The highest BCUT2D eigenvalue weighted by Crippen LogP contribution is 2.25. The Morgan fingerprint density at radius 2 is 2.26 bits per heavy atom. The summed E-state index contributed by atoms with van der Waals surface area (Å²) in [6, 6.07) is 8.22. The first-order chi connectivity index (χ1) is 9.27. The molecule has 0 aromatic heterocycles. The van der Waals surface area contributed by atoms with Crippen LogP contribution in [0.5, 0.6) is 0 Å². The Morgan fingerprint density at radius 1 is 1.42 bits per heavy atom. The average molecular weight is 260 g/mol. The number of amides is 1. The first-order valence-corrected chi connectivity index (χ1v) is 6.97. The van der Waals surface area contributed by atoms with Crippen molar-refractivity contribution in [1.82, 2.24) is 10.2 Å². The van der Waals surface area contributed by atoms with Gasteiger partial charge in [0.2, 0.25) is 5.91 Å². The highest BCUT2D eigenvalue weighted by molar-refractivity contribution is 5.84. The van der Waals surface area contributed by atoms with Crippen LogP contribution in [0.15, 0.2) is 24.3 Å². The summed E-state index contributed by atoms with van der Waals surface area (Å²) in [6.07, 6.45) is 0.999. The third-order valence-corrected chi connectivity index (χ3v) is 4.01. The van der Waals surface area contributed by atoms with Gasteiger partial charge in [-0.15, -0.1) is 0 Å². The number of nitrogens with one attached hydrogen (secondary N) is 1. The van der Waals surface area contributed by atoms with Crippen LogP contribution >= 0.6 is 0 Å². The molecule has 0 bridgehead atoms. The molecule has 2 atom stereocenters. The highest BCUT2D eigenvalue weighted by Gasteiger charge is 2.32. The lowest BCUT2D eigenvalue weighted by atomic mass is 9.93. The van der Waals surface area contributed by atoms with Gasteiger partial charge in [0, 0.05) is 13.1 Å². The SMILES string of the molecule is C[C@@H]1COCCN1C(=O)C1NCCc2ccccc21. The summed E-state index contributed by atoms with van der Waals surface area (Å²) in [5.74, 6) is 0.183. The van der Waals surface area contributed by atoms with Crippen LogP contribution in [-0.2, 0) is 16.0 Å². The van der Waals surface area contributed by atoms with Crippen LogP contribution in [0.2, 0.25) is 0 Å². The van der Waals surface area contributed by atoms with Crippen molar-refractivity contribution in [3.63, 3.8) is 0 Å². The standard InChI is InChI=1S/C15H20N2O2/c1-11-10-19-9-8-17(11)15(18)14-13-5-3-2-4-12(13)6-7-16-14/h2-5,11,14,16H,6-10H2,1H3/t11-,14?/m1/s1. The molecule has 2 aliphatic rings. The summed E-state index contributed by atoms with van der Waals surface area (Å²) in [5, 5.41) is 3.36. The van der Waals surface area contributed by atoms with Crippen LogP contribution < -0.4 is 5.32 Å². The Morgan fingerprint density at radius 3 is 3.11 bits per heavy atom. The summed E-state index contributed by atoms with van der Waals surface area (Å²) in [4.78, 5) is 14.7. The van der Waals surface area contributed by atoms with Gasteiger partial charge in [-0.2, -0.15) is 0 Å². The van der Waals surface area contributed by atoms with E-state index in [1.165, 1.54) is 5.56 Å². The lowest BCUT2D eigenvalue weighted by Crippen LogP contribution is -2.52. The van der Waals surface area contributed by atoms with E-state index in [0.29, 0.717) is 19.8 Å². The van der Waals surface area contributed by atoms with Crippen LogP contribution in [0.3, 0.4) is 0 Å². The predicted octanol–water partition coefficient (Wildman–Crippen LogP) is 1.12. The maximum absolute atomic E-state index is 12.7. The molecule has 2 aliphatic heterocycles. The van der Waals surface area contributed by atoms with Gasteiger partial charge in [0.05, 0.1) is 19.3 Å². The number of benzene rings is 1. The molecule has 0 spiro atoms. The molecule has 0 aliphatic carbocycles. The molecule has 2 heterocycles. The number of nitrogens with zero attached hydrogens (tertiary/aromatic N) is 1. The zero-order valence-electron chi connectivity index (χ0n) is 11.3. The minimum Gasteiger partial charge on any atom is -0.377 e. The number of rotatable bonds is 1. The van der Waals surface area contributed by atoms with Crippen molar-refractivity contribution in [2.24, 2.45) is 0 Å². The second-order valence-corrected chi connectivity index (χ2v) is 5.29. The van der Waals surface area contributed by atoms with Gasteiger partial charge in [-0.1, -0.05) is 24.3 Å². The summed E-state index contributed by atoms with van der Waals surface area (Å²) in [6.45, 7) is 4.89. The molecule has 4 heteroatoms. The number of carbonyl (C=O) groups excluding carboxylic acids is 1. The van der Waals surface area contributed by atoms with E-state index in [-0.39, 0.29) is 18.0 Å². The fraction of sp³-hybridized carbons (Fsp3) is 0.533. The van der Waals surface area contributed by atoms with E-state index in [1.807, 2.05) is 24.0 Å². The average Bonchev–Trinajstić information content (AvgIpc) is 2.46. The first kappa shape index (κ1) is 12.6. The van der Waals surface area contributed by atoms with E-state index in [2.05, 4.69) is 17.4 Å². The minimum atomic E-state index is -0.189. The van der Waals surface area contributed by atoms with E-state index in [1.54, 1.807) is 0 Å². The smallest absolute Gasteiger partial charge is 0.244 e. The third kappa shape index (κ3) is 2.38. The van der Waals surface area contributed by atoms with Crippen LogP contribution in [0.4, 0.5) is 0 Å². The molecule has 19 heavy (non-hydrogen) atoms. The maximum Gasteiger partial charge on any atom is 0.244 e. The fourth-order valence-electron chi connectivity index (χ4n) is 2.95. The van der Waals surface area contributed by atoms with Gasteiger partial charge in [-0.3, -0.25) is 4.79 Å². The summed E-state index contributed by atoms with van der Waals surface area (Å²) < 4.78 is 5.40. The molecular weight excluding hydrogens is 240 g/mol. The van der Waals surface area contributed by atoms with Crippen LogP contribution in [0.25, 0.3) is 0 Å². The molecule has 1 aromatic carbocycles. The molecule has 0 saturated carbocycles. The molecule has 1 fully saturated rings. The number of morpholine rings is 1. The van der Waals surface area contributed by atoms with Crippen molar-refractivity contribution >= 4 is 5.91 Å². The van der Waals surface area contributed by atoms with Gasteiger partial charge >= 0.3 is 0 Å². The normalized spacial score (nSPS) is 26.9.